The highest BCUT2D eigenvalue weighted by Crippen LogP contribution is 2.37. The highest BCUT2D eigenvalue weighted by atomic mass is 16.5. The summed E-state index contributed by atoms with van der Waals surface area (Å²) < 4.78 is 11.7. The SMILES string of the molecule is COc1cc(C2Nc3ccccc3C(=O)N2CCc2ccccc2)ccc1OCc1ccccc1. The molecule has 0 radical (unpaired) electrons. The molecule has 1 N–H and O–H groups in total. The highest BCUT2D eigenvalue weighted by Gasteiger charge is 2.33. The van der Waals surface area contributed by atoms with Crippen molar-refractivity contribution in [2.45, 2.75) is 19.2 Å². The number of fused-ring (bicyclic) bond motifs is 1. The van der Waals surface area contributed by atoms with Gasteiger partial charge in [-0.15, -0.1) is 0 Å². The van der Waals surface area contributed by atoms with Crippen molar-refractivity contribution in [3.63, 3.8) is 0 Å². The van der Waals surface area contributed by atoms with E-state index in [9.17, 15) is 4.79 Å². The second-order valence-corrected chi connectivity index (χ2v) is 8.51. The summed E-state index contributed by atoms with van der Waals surface area (Å²) in [6, 6.07) is 33.8. The van der Waals surface area contributed by atoms with Crippen LogP contribution >= 0.6 is 0 Å². The smallest absolute Gasteiger partial charge is 0.257 e. The highest BCUT2D eigenvalue weighted by molar-refractivity contribution is 6.01. The van der Waals surface area contributed by atoms with E-state index in [4.69, 9.17) is 9.47 Å². The summed E-state index contributed by atoms with van der Waals surface area (Å²) in [7, 11) is 1.64. The van der Waals surface area contributed by atoms with Gasteiger partial charge in [0.2, 0.25) is 0 Å². The summed E-state index contributed by atoms with van der Waals surface area (Å²) in [5, 5.41) is 3.57. The van der Waals surface area contributed by atoms with Gasteiger partial charge in [-0.1, -0.05) is 78.9 Å². The Morgan fingerprint density at radius 3 is 2.23 bits per heavy atom. The van der Waals surface area contributed by atoms with Gasteiger partial charge in [0.05, 0.1) is 12.7 Å². The van der Waals surface area contributed by atoms with Crippen molar-refractivity contribution >= 4 is 11.6 Å². The first-order valence-corrected chi connectivity index (χ1v) is 11.8. The van der Waals surface area contributed by atoms with Crippen molar-refractivity contribution in [1.29, 1.82) is 0 Å². The Morgan fingerprint density at radius 1 is 0.800 bits per heavy atom. The summed E-state index contributed by atoms with van der Waals surface area (Å²) in [6.07, 6.45) is 0.445. The van der Waals surface area contributed by atoms with Crippen LogP contribution in [0.3, 0.4) is 0 Å². The molecule has 0 spiro atoms. The number of anilines is 1. The van der Waals surface area contributed by atoms with Crippen LogP contribution in [-0.4, -0.2) is 24.5 Å². The third kappa shape index (κ3) is 4.99. The Bertz CT molecular complexity index is 1290. The van der Waals surface area contributed by atoms with Gasteiger partial charge in [-0.2, -0.15) is 0 Å². The lowest BCUT2D eigenvalue weighted by Gasteiger charge is -2.38. The van der Waals surface area contributed by atoms with Crippen LogP contribution < -0.4 is 14.8 Å². The molecule has 35 heavy (non-hydrogen) atoms. The first-order valence-electron chi connectivity index (χ1n) is 11.8. The monoisotopic (exact) mass is 464 g/mol. The fourth-order valence-electron chi connectivity index (χ4n) is 4.39. The van der Waals surface area contributed by atoms with Gasteiger partial charge in [-0.05, 0) is 47.4 Å². The minimum absolute atomic E-state index is 0.0173. The van der Waals surface area contributed by atoms with Crippen molar-refractivity contribution in [2.75, 3.05) is 19.0 Å². The summed E-state index contributed by atoms with van der Waals surface area (Å²) in [6.45, 7) is 1.04. The maximum atomic E-state index is 13.5. The van der Waals surface area contributed by atoms with Crippen LogP contribution in [-0.2, 0) is 13.0 Å². The quantitative estimate of drug-likeness (QED) is 0.343. The Morgan fingerprint density at radius 2 is 1.49 bits per heavy atom. The molecule has 1 atom stereocenters. The van der Waals surface area contributed by atoms with Gasteiger partial charge in [-0.25, -0.2) is 0 Å². The second-order valence-electron chi connectivity index (χ2n) is 8.51. The molecule has 0 saturated carbocycles. The fourth-order valence-corrected chi connectivity index (χ4v) is 4.39. The number of carbonyl (C=O) groups excluding carboxylic acids is 1. The molecule has 5 heteroatoms. The zero-order valence-electron chi connectivity index (χ0n) is 19.7. The van der Waals surface area contributed by atoms with E-state index in [1.54, 1.807) is 7.11 Å². The number of para-hydroxylation sites is 1. The number of rotatable bonds is 8. The van der Waals surface area contributed by atoms with Crippen molar-refractivity contribution in [2.24, 2.45) is 0 Å². The molecule has 4 aromatic rings. The summed E-state index contributed by atoms with van der Waals surface area (Å²) >= 11 is 0. The van der Waals surface area contributed by atoms with Crippen LogP contribution in [0.2, 0.25) is 0 Å². The minimum atomic E-state index is -0.321. The molecule has 1 unspecified atom stereocenters. The average Bonchev–Trinajstić information content (AvgIpc) is 2.92. The van der Waals surface area contributed by atoms with Crippen LogP contribution in [0.15, 0.2) is 103 Å². The van der Waals surface area contributed by atoms with E-state index < -0.39 is 0 Å². The number of nitrogens with one attached hydrogen (secondary N) is 1. The number of nitrogens with zero attached hydrogens (tertiary/aromatic N) is 1. The van der Waals surface area contributed by atoms with Crippen molar-refractivity contribution in [3.05, 3.63) is 125 Å². The first-order chi connectivity index (χ1) is 17.2. The molecule has 0 saturated heterocycles. The van der Waals surface area contributed by atoms with Crippen LogP contribution in [0.25, 0.3) is 0 Å². The van der Waals surface area contributed by atoms with E-state index >= 15 is 0 Å². The van der Waals surface area contributed by atoms with E-state index in [-0.39, 0.29) is 12.1 Å². The van der Waals surface area contributed by atoms with E-state index in [2.05, 4.69) is 17.4 Å². The zero-order valence-corrected chi connectivity index (χ0v) is 19.7. The van der Waals surface area contributed by atoms with Gasteiger partial charge >= 0.3 is 0 Å². The molecule has 4 aromatic carbocycles. The lowest BCUT2D eigenvalue weighted by Crippen LogP contribution is -2.44. The molecule has 1 aliphatic rings. The largest absolute Gasteiger partial charge is 0.493 e. The van der Waals surface area contributed by atoms with Gasteiger partial charge in [0.1, 0.15) is 12.8 Å². The number of amides is 1. The van der Waals surface area contributed by atoms with E-state index in [0.717, 1.165) is 23.2 Å². The maximum absolute atomic E-state index is 13.5. The number of methoxy groups -OCH3 is 1. The van der Waals surface area contributed by atoms with Gasteiger partial charge < -0.3 is 19.7 Å². The zero-order chi connectivity index (χ0) is 24.0. The van der Waals surface area contributed by atoms with Crippen molar-refractivity contribution < 1.29 is 14.3 Å². The molecular weight excluding hydrogens is 436 g/mol. The topological polar surface area (TPSA) is 50.8 Å². The molecule has 176 valence electrons. The van der Waals surface area contributed by atoms with Crippen molar-refractivity contribution in [1.82, 2.24) is 4.90 Å². The molecule has 0 aliphatic carbocycles. The number of ether oxygens (including phenoxy) is 2. The summed E-state index contributed by atoms with van der Waals surface area (Å²) in [4.78, 5) is 15.4. The van der Waals surface area contributed by atoms with E-state index in [1.807, 2.05) is 95.9 Å². The molecule has 1 amide bonds. The molecule has 1 aliphatic heterocycles. The molecule has 0 aromatic heterocycles. The molecule has 0 fully saturated rings. The van der Waals surface area contributed by atoms with Crippen molar-refractivity contribution in [3.8, 4) is 11.5 Å². The number of hydrogen-bond acceptors (Lipinski definition) is 4. The van der Waals surface area contributed by atoms with E-state index in [1.165, 1.54) is 5.56 Å². The minimum Gasteiger partial charge on any atom is -0.493 e. The van der Waals surface area contributed by atoms with Gasteiger partial charge in [0.15, 0.2) is 11.5 Å². The molecular formula is C30H28N2O3. The predicted octanol–water partition coefficient (Wildman–Crippen LogP) is 6.08. The Kier molecular flexibility index (Phi) is 6.66. The normalized spacial score (nSPS) is 14.7. The lowest BCUT2D eigenvalue weighted by molar-refractivity contribution is 0.0685. The number of hydrogen-bond donors (Lipinski definition) is 1. The summed E-state index contributed by atoms with van der Waals surface area (Å²) in [5.41, 5.74) is 4.74. The van der Waals surface area contributed by atoms with Crippen LogP contribution in [0.4, 0.5) is 5.69 Å². The fraction of sp³-hybridized carbons (Fsp3) is 0.167. The number of carbonyl (C=O) groups is 1. The van der Waals surface area contributed by atoms with Crippen LogP contribution in [0, 0.1) is 0 Å². The van der Waals surface area contributed by atoms with Gasteiger partial charge in [-0.3, -0.25) is 4.79 Å². The molecule has 5 nitrogen and oxygen atoms in total. The molecule has 0 bridgehead atoms. The predicted molar refractivity (Wildman–Crippen MR) is 138 cm³/mol. The van der Waals surface area contributed by atoms with Gasteiger partial charge in [0.25, 0.3) is 5.91 Å². The van der Waals surface area contributed by atoms with E-state index in [0.29, 0.717) is 30.2 Å². The molecule has 5 rings (SSSR count). The third-order valence-corrected chi connectivity index (χ3v) is 6.25. The van der Waals surface area contributed by atoms with Crippen LogP contribution in [0.1, 0.15) is 33.2 Å². The average molecular weight is 465 g/mol. The Labute approximate surface area is 205 Å². The maximum Gasteiger partial charge on any atom is 0.257 e. The second kappa shape index (κ2) is 10.3. The van der Waals surface area contributed by atoms with Gasteiger partial charge in [0, 0.05) is 12.2 Å². The third-order valence-electron chi connectivity index (χ3n) is 6.25. The molecule has 1 heterocycles. The lowest BCUT2D eigenvalue weighted by atomic mass is 10.0. The Balaban J connectivity index is 1.42. The van der Waals surface area contributed by atoms with Crippen LogP contribution in [0.5, 0.6) is 11.5 Å². The first kappa shape index (κ1) is 22.5. The Hall–Kier alpha value is -4.25. The summed E-state index contributed by atoms with van der Waals surface area (Å²) in [5.74, 6) is 1.32. The standard InChI is InChI=1S/C30H28N2O3/c1-34-28-20-24(16-17-27(28)35-21-23-12-6-3-7-13-23)29-31-26-15-9-8-14-25(26)30(33)32(29)19-18-22-10-4-2-5-11-22/h2-17,20,29,31H,18-19,21H2,1H3. The number of benzene rings is 4.